The molecular weight excluding hydrogens is 348 g/mol. The zero-order chi connectivity index (χ0) is 19.6. The quantitative estimate of drug-likeness (QED) is 0.787. The van der Waals surface area contributed by atoms with Gasteiger partial charge in [0.25, 0.3) is 5.91 Å². The molecule has 3 rings (SSSR count). The van der Waals surface area contributed by atoms with Crippen LogP contribution in [0.25, 0.3) is 0 Å². The van der Waals surface area contributed by atoms with Crippen molar-refractivity contribution in [2.45, 2.75) is 39.7 Å². The van der Waals surface area contributed by atoms with Crippen molar-refractivity contribution < 1.29 is 18.8 Å². The highest BCUT2D eigenvalue weighted by Gasteiger charge is 2.28. The molecule has 0 spiro atoms. The van der Waals surface area contributed by atoms with Crippen LogP contribution in [0.1, 0.15) is 30.4 Å². The number of amides is 3. The van der Waals surface area contributed by atoms with Gasteiger partial charge in [0.2, 0.25) is 0 Å². The molecular formula is C19H24N4O4. The van der Waals surface area contributed by atoms with Crippen LogP contribution < -0.4 is 20.3 Å². The van der Waals surface area contributed by atoms with Crippen molar-refractivity contribution in [3.63, 3.8) is 0 Å². The summed E-state index contributed by atoms with van der Waals surface area (Å²) in [5.74, 6) is 1.30. The van der Waals surface area contributed by atoms with Gasteiger partial charge in [0, 0.05) is 30.9 Å². The lowest BCUT2D eigenvalue weighted by Crippen LogP contribution is -2.42. The van der Waals surface area contributed by atoms with Gasteiger partial charge >= 0.3 is 6.03 Å². The fraction of sp³-hybridized carbons (Fsp3) is 0.421. The van der Waals surface area contributed by atoms with Crippen LogP contribution in [-0.4, -0.2) is 36.8 Å². The third-order valence-electron chi connectivity index (χ3n) is 4.63. The van der Waals surface area contributed by atoms with Crippen LogP contribution in [0.4, 0.5) is 16.2 Å². The zero-order valence-electron chi connectivity index (χ0n) is 16.0. The summed E-state index contributed by atoms with van der Waals surface area (Å²) in [5, 5.41) is 9.54. The maximum absolute atomic E-state index is 12.1. The van der Waals surface area contributed by atoms with Gasteiger partial charge in [-0.2, -0.15) is 0 Å². The van der Waals surface area contributed by atoms with E-state index in [4.69, 9.17) is 9.26 Å². The first kappa shape index (κ1) is 18.8. The second-order valence-electron chi connectivity index (χ2n) is 6.63. The normalized spacial score (nSPS) is 15.9. The number of nitrogens with one attached hydrogen (secondary N) is 2. The SMILES string of the molecule is Cc1noc(C)c1CCCNC(=O)Nc1ccc2c(c1)O[C@H](C)C(=O)N2C. The van der Waals surface area contributed by atoms with E-state index in [0.29, 0.717) is 23.7 Å². The van der Waals surface area contributed by atoms with Crippen molar-refractivity contribution in [3.05, 3.63) is 35.2 Å². The predicted octanol–water partition coefficient (Wildman–Crippen LogP) is 2.79. The molecule has 2 heterocycles. The number of ether oxygens (including phenoxy) is 1. The van der Waals surface area contributed by atoms with Gasteiger partial charge in [-0.1, -0.05) is 5.16 Å². The topological polar surface area (TPSA) is 96.7 Å². The van der Waals surface area contributed by atoms with Gasteiger partial charge in [0.05, 0.1) is 11.4 Å². The summed E-state index contributed by atoms with van der Waals surface area (Å²) in [6.07, 6.45) is 1.04. The number of urea groups is 1. The first-order valence-corrected chi connectivity index (χ1v) is 8.91. The molecule has 1 aromatic heterocycles. The molecule has 2 aromatic rings. The minimum atomic E-state index is -0.545. The van der Waals surface area contributed by atoms with E-state index in [1.807, 2.05) is 13.8 Å². The summed E-state index contributed by atoms with van der Waals surface area (Å²) in [7, 11) is 1.71. The van der Waals surface area contributed by atoms with Crippen molar-refractivity contribution >= 4 is 23.3 Å². The lowest BCUT2D eigenvalue weighted by molar-refractivity contribution is -0.125. The molecule has 1 aromatic carbocycles. The molecule has 1 atom stereocenters. The fourth-order valence-corrected chi connectivity index (χ4v) is 3.10. The first-order chi connectivity index (χ1) is 12.9. The molecule has 0 saturated carbocycles. The average Bonchev–Trinajstić information content (AvgIpc) is 2.95. The van der Waals surface area contributed by atoms with Crippen LogP contribution in [0.5, 0.6) is 5.75 Å². The number of likely N-dealkylation sites (N-methyl/N-ethyl adjacent to an activating group) is 1. The average molecular weight is 372 g/mol. The van der Waals surface area contributed by atoms with Crippen LogP contribution in [0.2, 0.25) is 0 Å². The Balaban J connectivity index is 1.51. The highest BCUT2D eigenvalue weighted by Crippen LogP contribution is 2.35. The van der Waals surface area contributed by atoms with Gasteiger partial charge < -0.3 is 24.8 Å². The first-order valence-electron chi connectivity index (χ1n) is 8.91. The number of hydrogen-bond donors (Lipinski definition) is 2. The third kappa shape index (κ3) is 4.05. The Morgan fingerprint density at radius 3 is 2.81 bits per heavy atom. The molecule has 0 bridgehead atoms. The van der Waals surface area contributed by atoms with E-state index in [2.05, 4.69) is 15.8 Å². The summed E-state index contributed by atoms with van der Waals surface area (Å²) in [5.41, 5.74) is 3.27. The molecule has 0 radical (unpaired) electrons. The Morgan fingerprint density at radius 1 is 1.33 bits per heavy atom. The number of anilines is 2. The molecule has 1 aliphatic heterocycles. The number of carbonyl (C=O) groups excluding carboxylic acids is 2. The van der Waals surface area contributed by atoms with Gasteiger partial charge in [-0.15, -0.1) is 0 Å². The molecule has 0 aliphatic carbocycles. The standard InChI is InChI=1S/C19H24N4O4/c1-11-15(12(2)27-22-11)6-5-9-20-19(25)21-14-7-8-16-17(10-14)26-13(3)18(24)23(16)4/h7-8,10,13H,5-6,9H2,1-4H3,(H2,20,21,25)/t13-/m1/s1. The van der Waals surface area contributed by atoms with E-state index in [1.165, 1.54) is 0 Å². The van der Waals surface area contributed by atoms with Crippen molar-refractivity contribution in [2.75, 3.05) is 23.8 Å². The summed E-state index contributed by atoms with van der Waals surface area (Å²) < 4.78 is 10.8. The number of rotatable bonds is 5. The van der Waals surface area contributed by atoms with Gasteiger partial charge in [-0.05, 0) is 45.7 Å². The number of nitrogens with zero attached hydrogens (tertiary/aromatic N) is 2. The number of fused-ring (bicyclic) bond motifs is 1. The number of benzene rings is 1. The molecule has 3 amide bonds. The second-order valence-corrected chi connectivity index (χ2v) is 6.63. The van der Waals surface area contributed by atoms with Gasteiger partial charge in [0.15, 0.2) is 6.10 Å². The Labute approximate surface area is 157 Å². The highest BCUT2D eigenvalue weighted by molar-refractivity contribution is 6.00. The molecule has 0 fully saturated rings. The molecule has 8 nitrogen and oxygen atoms in total. The van der Waals surface area contributed by atoms with Gasteiger partial charge in [-0.25, -0.2) is 4.79 Å². The van der Waals surface area contributed by atoms with Crippen LogP contribution in [0.15, 0.2) is 22.7 Å². The molecule has 1 aliphatic rings. The maximum atomic E-state index is 12.1. The Hall–Kier alpha value is -3.03. The van der Waals surface area contributed by atoms with E-state index >= 15 is 0 Å². The summed E-state index contributed by atoms with van der Waals surface area (Å²) in [6.45, 7) is 6.04. The predicted molar refractivity (Wildman–Crippen MR) is 101 cm³/mol. The molecule has 27 heavy (non-hydrogen) atoms. The summed E-state index contributed by atoms with van der Waals surface area (Å²) in [4.78, 5) is 25.6. The largest absolute Gasteiger partial charge is 0.479 e. The number of carbonyl (C=O) groups is 2. The van der Waals surface area contributed by atoms with E-state index in [1.54, 1.807) is 37.1 Å². The summed E-state index contributed by atoms with van der Waals surface area (Å²) in [6, 6.07) is 4.93. The number of aromatic nitrogens is 1. The molecule has 0 saturated heterocycles. The smallest absolute Gasteiger partial charge is 0.319 e. The monoisotopic (exact) mass is 372 g/mol. The van der Waals surface area contributed by atoms with E-state index in [9.17, 15) is 9.59 Å². The summed E-state index contributed by atoms with van der Waals surface area (Å²) >= 11 is 0. The minimum Gasteiger partial charge on any atom is -0.479 e. The molecule has 0 unspecified atom stereocenters. The van der Waals surface area contributed by atoms with Crippen LogP contribution in [0, 0.1) is 13.8 Å². The Morgan fingerprint density at radius 2 is 2.11 bits per heavy atom. The third-order valence-corrected chi connectivity index (χ3v) is 4.63. The van der Waals surface area contributed by atoms with Crippen molar-refractivity contribution in [1.82, 2.24) is 10.5 Å². The second kappa shape index (κ2) is 7.69. The number of aryl methyl sites for hydroxylation is 2. The van der Waals surface area contributed by atoms with E-state index in [-0.39, 0.29) is 11.9 Å². The lowest BCUT2D eigenvalue weighted by atomic mass is 10.1. The minimum absolute atomic E-state index is 0.0979. The molecule has 144 valence electrons. The van der Waals surface area contributed by atoms with Crippen LogP contribution >= 0.6 is 0 Å². The molecule has 8 heteroatoms. The van der Waals surface area contributed by atoms with Gasteiger partial charge in [-0.3, -0.25) is 4.79 Å². The fourth-order valence-electron chi connectivity index (χ4n) is 3.10. The van der Waals surface area contributed by atoms with Crippen molar-refractivity contribution in [3.8, 4) is 5.75 Å². The maximum Gasteiger partial charge on any atom is 0.319 e. The lowest BCUT2D eigenvalue weighted by Gasteiger charge is -2.30. The van der Waals surface area contributed by atoms with Gasteiger partial charge in [0.1, 0.15) is 11.5 Å². The molecule has 2 N–H and O–H groups in total. The number of hydrogen-bond acceptors (Lipinski definition) is 5. The van der Waals surface area contributed by atoms with Crippen LogP contribution in [0.3, 0.4) is 0 Å². The Kier molecular flexibility index (Phi) is 5.34. The van der Waals surface area contributed by atoms with E-state index in [0.717, 1.165) is 29.9 Å². The van der Waals surface area contributed by atoms with Crippen LogP contribution in [-0.2, 0) is 11.2 Å². The van der Waals surface area contributed by atoms with Crippen molar-refractivity contribution in [2.24, 2.45) is 0 Å². The van der Waals surface area contributed by atoms with E-state index < -0.39 is 6.10 Å². The van der Waals surface area contributed by atoms with Crippen molar-refractivity contribution in [1.29, 1.82) is 0 Å². The Bertz CT molecular complexity index is 842. The highest BCUT2D eigenvalue weighted by atomic mass is 16.5. The zero-order valence-corrected chi connectivity index (χ0v) is 16.0.